The van der Waals surface area contributed by atoms with Crippen molar-refractivity contribution in [2.75, 3.05) is 20.3 Å². The summed E-state index contributed by atoms with van der Waals surface area (Å²) in [5.74, 6) is 0.764. The number of methoxy groups -OCH3 is 1. The molecular weight excluding hydrogens is 304 g/mol. The maximum Gasteiger partial charge on any atom is 0.154 e. The molecule has 6 heteroatoms. The Labute approximate surface area is 142 Å². The molecule has 0 unspecified atom stereocenters. The van der Waals surface area contributed by atoms with Gasteiger partial charge in [-0.1, -0.05) is 13.8 Å². The summed E-state index contributed by atoms with van der Waals surface area (Å²) in [6, 6.07) is 9.69. The molecule has 0 aliphatic carbocycles. The summed E-state index contributed by atoms with van der Waals surface area (Å²) in [7, 11) is 1.65. The van der Waals surface area contributed by atoms with Gasteiger partial charge in [-0.2, -0.15) is 5.10 Å². The van der Waals surface area contributed by atoms with Crippen LogP contribution in [0.3, 0.4) is 0 Å². The quantitative estimate of drug-likeness (QED) is 0.704. The SMILES string of the molecule is CC.COCCOc1cc(CN)cc(-c2cn3ncccc3n2)c1. The Bertz CT molecular complexity index is 738. The first kappa shape index (κ1) is 17.9. The number of aromatic nitrogens is 3. The highest BCUT2D eigenvalue weighted by atomic mass is 16.5. The summed E-state index contributed by atoms with van der Waals surface area (Å²) in [5, 5.41) is 4.23. The highest BCUT2D eigenvalue weighted by molar-refractivity contribution is 5.65. The van der Waals surface area contributed by atoms with Crippen molar-refractivity contribution in [2.24, 2.45) is 5.73 Å². The average Bonchev–Trinajstić information content (AvgIpc) is 3.07. The van der Waals surface area contributed by atoms with Crippen molar-refractivity contribution >= 4 is 5.65 Å². The largest absolute Gasteiger partial charge is 0.491 e. The van der Waals surface area contributed by atoms with Gasteiger partial charge in [0.05, 0.1) is 18.5 Å². The number of imidazole rings is 1. The van der Waals surface area contributed by atoms with Crippen molar-refractivity contribution in [2.45, 2.75) is 20.4 Å². The second-order valence-electron chi connectivity index (χ2n) is 4.86. The van der Waals surface area contributed by atoms with Gasteiger partial charge < -0.3 is 15.2 Å². The van der Waals surface area contributed by atoms with E-state index in [4.69, 9.17) is 15.2 Å². The van der Waals surface area contributed by atoms with Crippen LogP contribution in [-0.4, -0.2) is 34.9 Å². The lowest BCUT2D eigenvalue weighted by Crippen LogP contribution is -2.05. The van der Waals surface area contributed by atoms with Crippen LogP contribution in [0.15, 0.2) is 42.7 Å². The van der Waals surface area contributed by atoms with Gasteiger partial charge in [-0.05, 0) is 35.9 Å². The minimum Gasteiger partial charge on any atom is -0.491 e. The maximum absolute atomic E-state index is 5.78. The first-order chi connectivity index (χ1) is 11.8. The molecule has 1 aromatic carbocycles. The topological polar surface area (TPSA) is 74.7 Å². The zero-order chi connectivity index (χ0) is 17.4. The number of fused-ring (bicyclic) bond motifs is 1. The third-order valence-corrected chi connectivity index (χ3v) is 3.29. The van der Waals surface area contributed by atoms with Gasteiger partial charge in [-0.3, -0.25) is 0 Å². The molecule has 2 N–H and O–H groups in total. The van der Waals surface area contributed by atoms with Crippen LogP contribution in [0.25, 0.3) is 16.9 Å². The molecule has 0 aliphatic rings. The van der Waals surface area contributed by atoms with E-state index in [0.29, 0.717) is 19.8 Å². The van der Waals surface area contributed by atoms with Crippen molar-refractivity contribution < 1.29 is 9.47 Å². The van der Waals surface area contributed by atoms with E-state index in [0.717, 1.165) is 28.2 Å². The molecule has 0 fully saturated rings. The van der Waals surface area contributed by atoms with Crippen LogP contribution < -0.4 is 10.5 Å². The van der Waals surface area contributed by atoms with E-state index in [1.165, 1.54) is 0 Å². The fraction of sp³-hybridized carbons (Fsp3) is 0.333. The molecule has 128 valence electrons. The average molecular weight is 328 g/mol. The molecule has 2 aromatic heterocycles. The van der Waals surface area contributed by atoms with Gasteiger partial charge in [-0.15, -0.1) is 0 Å². The second kappa shape index (κ2) is 9.00. The van der Waals surface area contributed by atoms with Crippen LogP contribution in [-0.2, 0) is 11.3 Å². The summed E-state index contributed by atoms with van der Waals surface area (Å²) in [4.78, 5) is 4.58. The number of benzene rings is 1. The van der Waals surface area contributed by atoms with Crippen LogP contribution in [0, 0.1) is 0 Å². The number of hydrogen-bond donors (Lipinski definition) is 1. The molecule has 0 spiro atoms. The van der Waals surface area contributed by atoms with Gasteiger partial charge in [0.15, 0.2) is 5.65 Å². The third kappa shape index (κ3) is 4.31. The lowest BCUT2D eigenvalue weighted by Gasteiger charge is -2.09. The minimum atomic E-state index is 0.445. The predicted octanol–water partition coefficient (Wildman–Crippen LogP) is 2.91. The Morgan fingerprint density at radius 1 is 1.17 bits per heavy atom. The molecule has 0 radical (unpaired) electrons. The standard InChI is InChI=1S/C16H18N4O2.C2H6/c1-21-5-6-22-14-8-12(10-17)7-13(9-14)15-11-20-16(19-15)3-2-4-18-20;1-2/h2-4,7-9,11H,5-6,10,17H2,1H3;1-2H3. The van der Waals surface area contributed by atoms with E-state index < -0.39 is 0 Å². The van der Waals surface area contributed by atoms with Gasteiger partial charge in [0.25, 0.3) is 0 Å². The van der Waals surface area contributed by atoms with Gasteiger partial charge >= 0.3 is 0 Å². The number of ether oxygens (including phenoxy) is 2. The lowest BCUT2D eigenvalue weighted by molar-refractivity contribution is 0.146. The molecule has 24 heavy (non-hydrogen) atoms. The van der Waals surface area contributed by atoms with E-state index in [1.54, 1.807) is 17.8 Å². The van der Waals surface area contributed by atoms with Crippen LogP contribution in [0.1, 0.15) is 19.4 Å². The first-order valence-electron chi connectivity index (χ1n) is 8.06. The Balaban J connectivity index is 0.00000100. The van der Waals surface area contributed by atoms with E-state index in [-0.39, 0.29) is 0 Å². The number of nitrogens with two attached hydrogens (primary N) is 1. The van der Waals surface area contributed by atoms with Crippen molar-refractivity contribution in [3.05, 3.63) is 48.3 Å². The molecule has 0 saturated carbocycles. The van der Waals surface area contributed by atoms with E-state index >= 15 is 0 Å². The zero-order valence-electron chi connectivity index (χ0n) is 14.4. The Morgan fingerprint density at radius 2 is 2.00 bits per heavy atom. The first-order valence-corrected chi connectivity index (χ1v) is 8.06. The van der Waals surface area contributed by atoms with E-state index in [2.05, 4.69) is 10.1 Å². The van der Waals surface area contributed by atoms with Crippen molar-refractivity contribution in [3.8, 4) is 17.0 Å². The summed E-state index contributed by atoms with van der Waals surface area (Å²) in [5.41, 5.74) is 9.37. The van der Waals surface area contributed by atoms with Gasteiger partial charge in [0.1, 0.15) is 12.4 Å². The number of nitrogens with zero attached hydrogens (tertiary/aromatic N) is 3. The molecule has 3 rings (SSSR count). The molecule has 0 aliphatic heterocycles. The predicted molar refractivity (Wildman–Crippen MR) is 95.0 cm³/mol. The lowest BCUT2D eigenvalue weighted by atomic mass is 10.1. The monoisotopic (exact) mass is 328 g/mol. The highest BCUT2D eigenvalue weighted by Crippen LogP contribution is 2.25. The molecule has 0 bridgehead atoms. The summed E-state index contributed by atoms with van der Waals surface area (Å²) >= 11 is 0. The zero-order valence-corrected chi connectivity index (χ0v) is 14.4. The molecule has 0 amide bonds. The smallest absolute Gasteiger partial charge is 0.154 e. The van der Waals surface area contributed by atoms with E-state index in [9.17, 15) is 0 Å². The van der Waals surface area contributed by atoms with Gasteiger partial charge in [-0.25, -0.2) is 9.50 Å². The number of hydrogen-bond acceptors (Lipinski definition) is 5. The van der Waals surface area contributed by atoms with E-state index in [1.807, 2.05) is 50.4 Å². The molecule has 3 aromatic rings. The van der Waals surface area contributed by atoms with Crippen molar-refractivity contribution in [3.63, 3.8) is 0 Å². The fourth-order valence-electron chi connectivity index (χ4n) is 2.22. The highest BCUT2D eigenvalue weighted by Gasteiger charge is 2.08. The molecule has 0 atom stereocenters. The second-order valence-corrected chi connectivity index (χ2v) is 4.86. The third-order valence-electron chi connectivity index (χ3n) is 3.29. The number of rotatable bonds is 6. The van der Waals surface area contributed by atoms with Crippen LogP contribution in [0.5, 0.6) is 5.75 Å². The van der Waals surface area contributed by atoms with Gasteiger partial charge in [0.2, 0.25) is 0 Å². The van der Waals surface area contributed by atoms with Crippen LogP contribution in [0.2, 0.25) is 0 Å². The van der Waals surface area contributed by atoms with Crippen molar-refractivity contribution in [1.29, 1.82) is 0 Å². The molecule has 0 saturated heterocycles. The molecule has 2 heterocycles. The van der Waals surface area contributed by atoms with Crippen LogP contribution in [0.4, 0.5) is 0 Å². The molecule has 6 nitrogen and oxygen atoms in total. The Hall–Kier alpha value is -2.44. The Morgan fingerprint density at radius 3 is 2.71 bits per heavy atom. The maximum atomic E-state index is 5.78. The normalized spacial score (nSPS) is 10.3. The minimum absolute atomic E-state index is 0.445. The summed E-state index contributed by atoms with van der Waals surface area (Å²) < 4.78 is 12.4. The summed E-state index contributed by atoms with van der Waals surface area (Å²) in [6.45, 7) is 5.48. The summed E-state index contributed by atoms with van der Waals surface area (Å²) in [6.07, 6.45) is 3.62. The van der Waals surface area contributed by atoms with Crippen LogP contribution >= 0.6 is 0 Å². The Kier molecular flexibility index (Phi) is 6.72. The fourth-order valence-corrected chi connectivity index (χ4v) is 2.22. The molecular formula is C18H24N4O2. The van der Waals surface area contributed by atoms with Crippen molar-refractivity contribution in [1.82, 2.24) is 14.6 Å². The van der Waals surface area contributed by atoms with Gasteiger partial charge in [0, 0.05) is 25.4 Å².